The highest BCUT2D eigenvalue weighted by Crippen LogP contribution is 2.29. The van der Waals surface area contributed by atoms with Crippen LogP contribution in [0.25, 0.3) is 0 Å². The first-order valence-corrected chi connectivity index (χ1v) is 19.7. The van der Waals surface area contributed by atoms with Crippen molar-refractivity contribution in [3.63, 3.8) is 0 Å². The zero-order valence-corrected chi connectivity index (χ0v) is 23.9. The van der Waals surface area contributed by atoms with Gasteiger partial charge in [-0.3, -0.25) is 0 Å². The average molecular weight is 609 g/mol. The largest absolute Gasteiger partial charge is 0.376 e. The monoisotopic (exact) mass is 608 g/mol. The van der Waals surface area contributed by atoms with Gasteiger partial charge in [-0.2, -0.15) is 0 Å². The Kier molecular flexibility index (Phi) is 9.01. The maximum atomic E-state index is 11.9. The lowest BCUT2D eigenvalue weighted by molar-refractivity contribution is -0.140. The molecule has 0 bridgehead atoms. The fourth-order valence-corrected chi connectivity index (χ4v) is 11.5. The summed E-state index contributed by atoms with van der Waals surface area (Å²) < 4.78 is 119. The molecule has 0 N–H and O–H groups in total. The van der Waals surface area contributed by atoms with Crippen molar-refractivity contribution >= 4 is 39.3 Å². The first kappa shape index (κ1) is 29.6. The van der Waals surface area contributed by atoms with Crippen LogP contribution in [0.4, 0.5) is 0 Å². The molecule has 4 aliphatic heterocycles. The van der Waals surface area contributed by atoms with E-state index in [0.29, 0.717) is 25.7 Å². The molecule has 0 amide bonds. The van der Waals surface area contributed by atoms with Crippen LogP contribution < -0.4 is 0 Å². The van der Waals surface area contributed by atoms with E-state index in [4.69, 9.17) is 18.9 Å². The van der Waals surface area contributed by atoms with Crippen LogP contribution >= 0.6 is 0 Å². The summed E-state index contributed by atoms with van der Waals surface area (Å²) in [7, 11) is -12.8. The molecule has 0 unspecified atom stereocenters. The van der Waals surface area contributed by atoms with Gasteiger partial charge in [-0.1, -0.05) is 0 Å². The fourth-order valence-electron chi connectivity index (χ4n) is 5.00. The van der Waals surface area contributed by atoms with E-state index < -0.39 is 69.2 Å². The quantitative estimate of drug-likeness (QED) is 0.259. The molecule has 0 aromatic carbocycles. The highest BCUT2D eigenvalue weighted by atomic mass is 32.2. The molecule has 0 aromatic rings. The molecule has 16 heteroatoms. The summed E-state index contributed by atoms with van der Waals surface area (Å²) in [6.45, 7) is -0.144. The molecule has 37 heavy (non-hydrogen) atoms. The Morgan fingerprint density at radius 3 is 0.811 bits per heavy atom. The van der Waals surface area contributed by atoms with Crippen LogP contribution in [-0.2, 0) is 58.3 Å². The van der Waals surface area contributed by atoms with Gasteiger partial charge < -0.3 is 18.9 Å². The van der Waals surface area contributed by atoms with E-state index in [2.05, 4.69) is 0 Å². The molecule has 4 atom stereocenters. The van der Waals surface area contributed by atoms with E-state index in [-0.39, 0.29) is 72.5 Å². The van der Waals surface area contributed by atoms with Gasteiger partial charge in [0.25, 0.3) is 0 Å². The van der Waals surface area contributed by atoms with Crippen LogP contribution in [0.1, 0.15) is 25.7 Å². The third-order valence-corrected chi connectivity index (χ3v) is 14.2. The number of hydrogen-bond donors (Lipinski definition) is 0. The summed E-state index contributed by atoms with van der Waals surface area (Å²) in [5.74, 6) is -0.380. The van der Waals surface area contributed by atoms with E-state index in [1.807, 2.05) is 0 Å². The van der Waals surface area contributed by atoms with E-state index in [9.17, 15) is 33.7 Å². The minimum absolute atomic E-state index is 0.0218. The van der Waals surface area contributed by atoms with Crippen LogP contribution in [0.5, 0.6) is 0 Å². The van der Waals surface area contributed by atoms with Gasteiger partial charge in [0.1, 0.15) is 0 Å². The van der Waals surface area contributed by atoms with Gasteiger partial charge in [0.15, 0.2) is 39.3 Å². The van der Waals surface area contributed by atoms with Crippen LogP contribution in [0.3, 0.4) is 0 Å². The van der Waals surface area contributed by atoms with Gasteiger partial charge >= 0.3 is 0 Å². The summed E-state index contributed by atoms with van der Waals surface area (Å²) in [5.41, 5.74) is -1.03. The molecular formula is C21H36O12S4. The second-order valence-corrected chi connectivity index (χ2v) is 19.8. The smallest absolute Gasteiger partial charge is 0.152 e. The van der Waals surface area contributed by atoms with Crippen molar-refractivity contribution in [2.45, 2.75) is 50.1 Å². The maximum Gasteiger partial charge on any atom is 0.152 e. The van der Waals surface area contributed by atoms with Crippen molar-refractivity contribution < 1.29 is 52.6 Å². The van der Waals surface area contributed by atoms with Crippen LogP contribution in [0, 0.1) is 5.41 Å². The first-order valence-electron chi connectivity index (χ1n) is 12.4. The second-order valence-electron chi connectivity index (χ2n) is 10.8. The molecule has 0 spiro atoms. The fraction of sp³-hybridized carbons (Fsp3) is 1.00. The van der Waals surface area contributed by atoms with E-state index >= 15 is 0 Å². The third-order valence-electron chi connectivity index (χ3n) is 7.26. The minimum atomic E-state index is -3.20. The van der Waals surface area contributed by atoms with Crippen molar-refractivity contribution in [1.82, 2.24) is 0 Å². The molecule has 4 saturated heterocycles. The lowest BCUT2D eigenvalue weighted by atomic mass is 9.91. The van der Waals surface area contributed by atoms with Crippen LogP contribution in [0.2, 0.25) is 0 Å². The number of sulfone groups is 4. The Labute approximate surface area is 219 Å². The molecule has 12 nitrogen and oxygen atoms in total. The predicted octanol–water partition coefficient (Wildman–Crippen LogP) is -1.21. The average Bonchev–Trinajstić information content (AvgIpc) is 3.53. The number of ether oxygens (including phenoxy) is 4. The standard InChI is InChI=1S/C21H36O12S4/c22-34(23)5-1-17(9-34)30-13-21(14-31-18-2-6-35(24,25)10-18,15-32-19-3-7-36(26,27)11-19)16-33-20-4-8-37(28,29)12-20/h17-20H,1-16H2/t17-,18-,19-,20-/m0/s1. The summed E-state index contributed by atoms with van der Waals surface area (Å²) >= 11 is 0. The van der Waals surface area contributed by atoms with Crippen LogP contribution in [0.15, 0.2) is 0 Å². The van der Waals surface area contributed by atoms with Gasteiger partial charge in [-0.25, -0.2) is 33.7 Å². The lowest BCUT2D eigenvalue weighted by Gasteiger charge is -2.36. The number of hydrogen-bond acceptors (Lipinski definition) is 12. The molecule has 4 fully saturated rings. The van der Waals surface area contributed by atoms with Crippen molar-refractivity contribution in [3.05, 3.63) is 0 Å². The van der Waals surface area contributed by atoms with Crippen molar-refractivity contribution in [2.75, 3.05) is 72.5 Å². The molecule has 0 saturated carbocycles. The first-order chi connectivity index (χ1) is 17.1. The summed E-state index contributed by atoms with van der Waals surface area (Å²) in [6.07, 6.45) is -0.782. The molecular weight excluding hydrogens is 572 g/mol. The lowest BCUT2D eigenvalue weighted by Crippen LogP contribution is -2.45. The van der Waals surface area contributed by atoms with Gasteiger partial charge in [0.2, 0.25) is 0 Å². The zero-order valence-electron chi connectivity index (χ0n) is 20.7. The van der Waals surface area contributed by atoms with Crippen LogP contribution in [-0.4, -0.2) is 131 Å². The summed E-state index contributed by atoms with van der Waals surface area (Å²) in [5, 5.41) is 0. The Morgan fingerprint density at radius 1 is 0.432 bits per heavy atom. The maximum absolute atomic E-state index is 11.9. The molecule has 4 aliphatic rings. The predicted molar refractivity (Wildman–Crippen MR) is 134 cm³/mol. The Morgan fingerprint density at radius 2 is 0.649 bits per heavy atom. The van der Waals surface area contributed by atoms with E-state index in [1.165, 1.54) is 0 Å². The second kappa shape index (κ2) is 11.3. The van der Waals surface area contributed by atoms with Crippen molar-refractivity contribution in [2.24, 2.45) is 5.41 Å². The van der Waals surface area contributed by atoms with Gasteiger partial charge in [-0.05, 0) is 25.7 Å². The highest BCUT2D eigenvalue weighted by molar-refractivity contribution is 7.92. The molecule has 216 valence electrons. The van der Waals surface area contributed by atoms with Crippen molar-refractivity contribution in [3.8, 4) is 0 Å². The summed E-state index contributed by atoms with van der Waals surface area (Å²) in [6, 6.07) is 0. The van der Waals surface area contributed by atoms with E-state index in [0.717, 1.165) is 0 Å². The minimum Gasteiger partial charge on any atom is -0.376 e. The molecule has 4 rings (SSSR count). The normalized spacial score (nSPS) is 34.2. The molecule has 4 heterocycles. The SMILES string of the molecule is O=S1(=O)CC[C@H](OCC(CO[C@H]2CCS(=O)(=O)C2)(CO[C@H]2CCS(=O)(=O)C2)CO[C@H]2CCS(=O)(=O)C2)C1. The zero-order chi connectivity index (χ0) is 27.0. The summed E-state index contributed by atoms with van der Waals surface area (Å²) in [4.78, 5) is 0. The van der Waals surface area contributed by atoms with E-state index in [1.54, 1.807) is 0 Å². The Balaban J connectivity index is 1.49. The van der Waals surface area contributed by atoms with Gasteiger partial charge in [0.05, 0.1) is 102 Å². The van der Waals surface area contributed by atoms with Gasteiger partial charge in [0, 0.05) is 0 Å². The number of rotatable bonds is 12. The topological polar surface area (TPSA) is 173 Å². The third kappa shape index (κ3) is 8.82. The molecule has 0 radical (unpaired) electrons. The highest BCUT2D eigenvalue weighted by Gasteiger charge is 2.41. The van der Waals surface area contributed by atoms with Gasteiger partial charge in [-0.15, -0.1) is 0 Å². The molecule has 0 aromatic heterocycles. The Bertz CT molecular complexity index is 1040. The molecule has 0 aliphatic carbocycles. The van der Waals surface area contributed by atoms with Crippen molar-refractivity contribution in [1.29, 1.82) is 0 Å². The Hall–Kier alpha value is -0.360.